The Kier molecular flexibility index (Phi) is 10.9. The molecule has 0 unspecified atom stereocenters. The topological polar surface area (TPSA) is 96.9 Å². The second-order valence-electron chi connectivity index (χ2n) is 10.6. The number of hydrogen-bond donors (Lipinski definition) is 2. The summed E-state index contributed by atoms with van der Waals surface area (Å²) in [6, 6.07) is 14.0. The summed E-state index contributed by atoms with van der Waals surface area (Å²) in [5.41, 5.74) is 5.47. The Morgan fingerprint density at radius 1 is 1.00 bits per heavy atom. The van der Waals surface area contributed by atoms with Crippen molar-refractivity contribution in [2.45, 2.75) is 40.3 Å². The van der Waals surface area contributed by atoms with E-state index in [1.165, 1.54) is 5.56 Å². The number of carbonyl (C=O) groups excluding carboxylic acids is 2. The number of likely N-dealkylation sites (N-methyl/N-ethyl adjacent to an activating group) is 1. The summed E-state index contributed by atoms with van der Waals surface area (Å²) in [4.78, 5) is 42.4. The van der Waals surface area contributed by atoms with Gasteiger partial charge >= 0.3 is 0 Å². The Hall–Kier alpha value is -4.02. The van der Waals surface area contributed by atoms with Crippen LogP contribution >= 0.6 is 0 Å². The summed E-state index contributed by atoms with van der Waals surface area (Å²) >= 11 is 0. The van der Waals surface area contributed by atoms with Crippen LogP contribution in [0.1, 0.15) is 47.8 Å². The number of nitrogens with zero attached hydrogens (tertiary/aromatic N) is 6. The van der Waals surface area contributed by atoms with Gasteiger partial charge < -0.3 is 20.4 Å². The van der Waals surface area contributed by atoms with E-state index in [1.807, 2.05) is 38.2 Å². The zero-order chi connectivity index (χ0) is 30.1. The van der Waals surface area contributed by atoms with Crippen molar-refractivity contribution in [3.05, 3.63) is 70.9 Å². The molecule has 0 radical (unpaired) electrons. The molecular formula is C32H44N8O2. The van der Waals surface area contributed by atoms with Gasteiger partial charge in [-0.3, -0.25) is 19.4 Å². The first-order chi connectivity index (χ1) is 20.4. The third kappa shape index (κ3) is 7.83. The number of rotatable bonds is 13. The van der Waals surface area contributed by atoms with E-state index in [4.69, 9.17) is 0 Å². The molecule has 1 aromatic heterocycles. The molecule has 1 fully saturated rings. The number of aromatic nitrogens is 2. The van der Waals surface area contributed by atoms with Crippen molar-refractivity contribution in [2.24, 2.45) is 0 Å². The van der Waals surface area contributed by atoms with Gasteiger partial charge in [0.05, 0.1) is 0 Å². The molecule has 224 valence electrons. The molecule has 10 heteroatoms. The van der Waals surface area contributed by atoms with Gasteiger partial charge in [0.25, 0.3) is 5.91 Å². The van der Waals surface area contributed by atoms with Crippen molar-refractivity contribution in [1.29, 1.82) is 0 Å². The van der Waals surface area contributed by atoms with Gasteiger partial charge in [-0.2, -0.15) is 4.98 Å². The SMILES string of the molecule is CCc1cc(NC(=O)c2ccc(CN3CCN(CC)CC3)cc2)cc(N(C)Cc2cnc(NC)nc2N(C=O)CC)c1. The van der Waals surface area contributed by atoms with E-state index in [9.17, 15) is 9.59 Å². The van der Waals surface area contributed by atoms with Gasteiger partial charge in [0, 0.05) is 88.6 Å². The minimum absolute atomic E-state index is 0.136. The van der Waals surface area contributed by atoms with Crippen LogP contribution in [-0.2, 0) is 24.3 Å². The highest BCUT2D eigenvalue weighted by molar-refractivity contribution is 6.04. The Bertz CT molecular complexity index is 1340. The summed E-state index contributed by atoms with van der Waals surface area (Å²) in [5, 5.41) is 6.04. The lowest BCUT2D eigenvalue weighted by molar-refractivity contribution is -0.107. The van der Waals surface area contributed by atoms with Crippen molar-refractivity contribution in [3.8, 4) is 0 Å². The molecule has 2 N–H and O–H groups in total. The molecule has 0 aliphatic carbocycles. The van der Waals surface area contributed by atoms with Crippen molar-refractivity contribution in [3.63, 3.8) is 0 Å². The number of benzene rings is 2. The van der Waals surface area contributed by atoms with E-state index in [0.717, 1.165) is 74.6 Å². The number of aryl methyl sites for hydroxylation is 1. The number of piperazine rings is 1. The first-order valence-electron chi connectivity index (χ1n) is 14.8. The van der Waals surface area contributed by atoms with Gasteiger partial charge in [0.2, 0.25) is 12.4 Å². The van der Waals surface area contributed by atoms with Crippen molar-refractivity contribution >= 4 is 35.5 Å². The molecule has 0 bridgehead atoms. The maximum atomic E-state index is 13.2. The molecule has 1 saturated heterocycles. The fraction of sp³-hybridized carbons (Fsp3) is 0.438. The summed E-state index contributed by atoms with van der Waals surface area (Å²) in [6.07, 6.45) is 3.36. The van der Waals surface area contributed by atoms with Gasteiger partial charge in [-0.25, -0.2) is 4.98 Å². The third-order valence-corrected chi connectivity index (χ3v) is 7.83. The Balaban J connectivity index is 1.45. The number of carbonyl (C=O) groups is 2. The van der Waals surface area contributed by atoms with Gasteiger partial charge in [-0.1, -0.05) is 26.0 Å². The van der Waals surface area contributed by atoms with Crippen molar-refractivity contribution in [1.82, 2.24) is 19.8 Å². The first kappa shape index (κ1) is 30.9. The lowest BCUT2D eigenvalue weighted by Crippen LogP contribution is -2.45. The van der Waals surface area contributed by atoms with Gasteiger partial charge in [-0.05, 0) is 61.3 Å². The first-order valence-corrected chi connectivity index (χ1v) is 14.8. The maximum absolute atomic E-state index is 13.2. The molecule has 2 amide bonds. The van der Waals surface area contributed by atoms with Gasteiger partial charge in [0.15, 0.2) is 0 Å². The Labute approximate surface area is 249 Å². The summed E-state index contributed by atoms with van der Waals surface area (Å²) in [7, 11) is 3.73. The van der Waals surface area contributed by atoms with E-state index in [1.54, 1.807) is 18.1 Å². The fourth-order valence-electron chi connectivity index (χ4n) is 5.16. The standard InChI is InChI=1S/C32H44N8O2/c1-6-24-17-28(35-31(42)26-11-9-25(10-12-26)21-39-15-13-38(7-2)14-16-39)19-29(18-24)37(5)22-27-20-34-32(33-4)36-30(27)40(8-3)23-41/h9-12,17-20,23H,6-8,13-16,21-22H2,1-5H3,(H,35,42)(H,33,34,36). The molecule has 4 rings (SSSR count). The van der Waals surface area contributed by atoms with Crippen molar-refractivity contribution in [2.75, 3.05) is 73.8 Å². The van der Waals surface area contributed by atoms with E-state index in [-0.39, 0.29) is 5.91 Å². The molecule has 0 spiro atoms. The Morgan fingerprint density at radius 2 is 1.71 bits per heavy atom. The predicted octanol–water partition coefficient (Wildman–Crippen LogP) is 4.09. The van der Waals surface area contributed by atoms with Crippen molar-refractivity contribution < 1.29 is 9.59 Å². The maximum Gasteiger partial charge on any atom is 0.255 e. The lowest BCUT2D eigenvalue weighted by atomic mass is 10.1. The average molecular weight is 573 g/mol. The molecule has 10 nitrogen and oxygen atoms in total. The van der Waals surface area contributed by atoms with E-state index < -0.39 is 0 Å². The molecule has 2 heterocycles. The van der Waals surface area contributed by atoms with E-state index in [0.29, 0.717) is 30.4 Å². The quantitative estimate of drug-likeness (QED) is 0.296. The molecule has 2 aromatic carbocycles. The van der Waals surface area contributed by atoms with Crippen LogP contribution in [0.25, 0.3) is 0 Å². The summed E-state index contributed by atoms with van der Waals surface area (Å²) in [5.74, 6) is 0.894. The lowest BCUT2D eigenvalue weighted by Gasteiger charge is -2.34. The molecule has 1 aliphatic rings. The Morgan fingerprint density at radius 3 is 2.33 bits per heavy atom. The summed E-state index contributed by atoms with van der Waals surface area (Å²) < 4.78 is 0. The highest BCUT2D eigenvalue weighted by Crippen LogP contribution is 2.27. The molecule has 0 atom stereocenters. The minimum atomic E-state index is -0.136. The fourth-order valence-corrected chi connectivity index (χ4v) is 5.16. The van der Waals surface area contributed by atoms with Crippen LogP contribution in [0, 0.1) is 0 Å². The zero-order valence-electron chi connectivity index (χ0n) is 25.6. The molecular weight excluding hydrogens is 528 g/mol. The second-order valence-corrected chi connectivity index (χ2v) is 10.6. The number of anilines is 4. The highest BCUT2D eigenvalue weighted by Gasteiger charge is 2.18. The third-order valence-electron chi connectivity index (χ3n) is 7.83. The highest BCUT2D eigenvalue weighted by atomic mass is 16.1. The normalized spacial score (nSPS) is 13.9. The van der Waals surface area contributed by atoms with Crippen LogP contribution in [-0.4, -0.2) is 85.4 Å². The van der Waals surface area contributed by atoms with Crippen LogP contribution in [0.3, 0.4) is 0 Å². The summed E-state index contributed by atoms with van der Waals surface area (Å²) in [6.45, 7) is 13.6. The van der Waals surface area contributed by atoms with Crippen LogP contribution in [0.5, 0.6) is 0 Å². The van der Waals surface area contributed by atoms with Crippen LogP contribution < -0.4 is 20.4 Å². The molecule has 0 saturated carbocycles. The van der Waals surface area contributed by atoms with Crippen LogP contribution in [0.4, 0.5) is 23.1 Å². The van der Waals surface area contributed by atoms with Gasteiger partial charge in [-0.15, -0.1) is 0 Å². The number of amides is 2. The average Bonchev–Trinajstić information content (AvgIpc) is 3.02. The number of hydrogen-bond acceptors (Lipinski definition) is 8. The molecule has 42 heavy (non-hydrogen) atoms. The zero-order valence-corrected chi connectivity index (χ0v) is 25.6. The largest absolute Gasteiger partial charge is 0.370 e. The second kappa shape index (κ2) is 14.7. The predicted molar refractivity (Wildman–Crippen MR) is 170 cm³/mol. The molecule has 1 aliphatic heterocycles. The minimum Gasteiger partial charge on any atom is -0.370 e. The monoisotopic (exact) mass is 572 g/mol. The van der Waals surface area contributed by atoms with Gasteiger partial charge in [0.1, 0.15) is 5.82 Å². The number of nitrogens with one attached hydrogen (secondary N) is 2. The van der Waals surface area contributed by atoms with Crippen LogP contribution in [0.15, 0.2) is 48.7 Å². The van der Waals surface area contributed by atoms with E-state index in [2.05, 4.69) is 67.3 Å². The van der Waals surface area contributed by atoms with Crippen LogP contribution in [0.2, 0.25) is 0 Å². The van der Waals surface area contributed by atoms with E-state index >= 15 is 0 Å². The smallest absolute Gasteiger partial charge is 0.255 e. The molecule has 3 aromatic rings.